The molecule has 0 fully saturated rings. The third-order valence-electron chi connectivity index (χ3n) is 3.80. The van der Waals surface area contributed by atoms with E-state index in [-0.39, 0.29) is 17.9 Å². The number of amides is 1. The maximum absolute atomic E-state index is 12.3. The fourth-order valence-corrected chi connectivity index (χ4v) is 2.84. The summed E-state index contributed by atoms with van der Waals surface area (Å²) in [5.41, 5.74) is 3.00. The first-order valence-corrected chi connectivity index (χ1v) is 8.41. The highest BCUT2D eigenvalue weighted by atomic mass is 35.5. The van der Waals surface area contributed by atoms with Gasteiger partial charge in [-0.25, -0.2) is 0 Å². The Morgan fingerprint density at radius 2 is 1.68 bits per heavy atom. The molecule has 3 aromatic carbocycles. The van der Waals surface area contributed by atoms with Crippen LogP contribution in [0.2, 0.25) is 10.0 Å². The summed E-state index contributed by atoms with van der Waals surface area (Å²) in [5.74, 6) is -0.535. The molecule has 0 radical (unpaired) electrons. The summed E-state index contributed by atoms with van der Waals surface area (Å²) in [6.45, 7) is 0.240. The number of phenols is 1. The Morgan fingerprint density at radius 3 is 2.44 bits per heavy atom. The third-order valence-corrected chi connectivity index (χ3v) is 4.40. The Labute approximate surface area is 155 Å². The van der Waals surface area contributed by atoms with Gasteiger partial charge in [0.1, 0.15) is 5.75 Å². The second-order valence-corrected chi connectivity index (χ2v) is 6.36. The van der Waals surface area contributed by atoms with Crippen LogP contribution in [0.15, 0.2) is 66.7 Å². The van der Waals surface area contributed by atoms with E-state index in [2.05, 4.69) is 5.32 Å². The lowest BCUT2D eigenvalue weighted by molar-refractivity contribution is 0.0948. The largest absolute Gasteiger partial charge is 0.507 e. The first kappa shape index (κ1) is 17.3. The van der Waals surface area contributed by atoms with Gasteiger partial charge in [-0.1, -0.05) is 59.6 Å². The second-order valence-electron chi connectivity index (χ2n) is 5.52. The molecule has 0 aliphatic rings. The molecule has 1 amide bonds. The molecule has 0 aromatic heterocycles. The Balaban J connectivity index is 1.79. The van der Waals surface area contributed by atoms with Gasteiger partial charge < -0.3 is 10.4 Å². The minimum absolute atomic E-state index is 0.119. The van der Waals surface area contributed by atoms with Crippen molar-refractivity contribution in [2.75, 3.05) is 0 Å². The van der Waals surface area contributed by atoms with Gasteiger partial charge in [-0.2, -0.15) is 0 Å². The average molecular weight is 372 g/mol. The standard InChI is InChI=1S/C20H15Cl2NO2/c21-16-7-9-19(24)17(11-16)20(25)23-12-15-10-14(6-8-18(15)22)13-4-2-1-3-5-13/h1-11,24H,12H2,(H,23,25). The summed E-state index contributed by atoms with van der Waals surface area (Å²) in [7, 11) is 0. The molecular formula is C20H15Cl2NO2. The number of aromatic hydroxyl groups is 1. The third kappa shape index (κ3) is 4.13. The van der Waals surface area contributed by atoms with Crippen molar-refractivity contribution in [1.29, 1.82) is 0 Å². The molecule has 3 aromatic rings. The van der Waals surface area contributed by atoms with Crippen LogP contribution in [0.4, 0.5) is 0 Å². The lowest BCUT2D eigenvalue weighted by atomic mass is 10.0. The molecule has 0 saturated heterocycles. The van der Waals surface area contributed by atoms with Crippen molar-refractivity contribution in [2.45, 2.75) is 6.54 Å². The molecule has 126 valence electrons. The van der Waals surface area contributed by atoms with E-state index >= 15 is 0 Å². The van der Waals surface area contributed by atoms with E-state index in [4.69, 9.17) is 23.2 Å². The summed E-state index contributed by atoms with van der Waals surface area (Å²) in [4.78, 5) is 12.3. The number of hydrogen-bond donors (Lipinski definition) is 2. The molecule has 0 aliphatic heterocycles. The quantitative estimate of drug-likeness (QED) is 0.653. The number of halogens is 2. The SMILES string of the molecule is O=C(NCc1cc(-c2ccccc2)ccc1Cl)c1cc(Cl)ccc1O. The van der Waals surface area contributed by atoms with Crippen LogP contribution in [0.3, 0.4) is 0 Å². The summed E-state index contributed by atoms with van der Waals surface area (Å²) in [5, 5.41) is 13.5. The van der Waals surface area contributed by atoms with E-state index in [9.17, 15) is 9.90 Å². The summed E-state index contributed by atoms with van der Waals surface area (Å²) < 4.78 is 0. The predicted molar refractivity (Wildman–Crippen MR) is 101 cm³/mol. The van der Waals surface area contributed by atoms with E-state index in [0.29, 0.717) is 10.0 Å². The van der Waals surface area contributed by atoms with Gasteiger partial charge >= 0.3 is 0 Å². The number of hydrogen-bond acceptors (Lipinski definition) is 2. The molecule has 0 bridgehead atoms. The average Bonchev–Trinajstić information content (AvgIpc) is 2.63. The van der Waals surface area contributed by atoms with Crippen molar-refractivity contribution in [3.8, 4) is 16.9 Å². The van der Waals surface area contributed by atoms with Gasteiger partial charge in [0.2, 0.25) is 0 Å². The molecule has 0 saturated carbocycles. The van der Waals surface area contributed by atoms with E-state index in [1.54, 1.807) is 0 Å². The molecule has 0 spiro atoms. The minimum atomic E-state index is -0.416. The maximum atomic E-state index is 12.3. The van der Waals surface area contributed by atoms with Gasteiger partial charge in [0, 0.05) is 16.6 Å². The number of phenolic OH excluding ortho intramolecular Hbond substituents is 1. The second kappa shape index (κ2) is 7.60. The van der Waals surface area contributed by atoms with Crippen LogP contribution in [0, 0.1) is 0 Å². The number of rotatable bonds is 4. The van der Waals surface area contributed by atoms with Gasteiger partial charge in [0.15, 0.2) is 0 Å². The smallest absolute Gasteiger partial charge is 0.255 e. The number of carbonyl (C=O) groups is 1. The van der Waals surface area contributed by atoms with Gasteiger partial charge in [-0.05, 0) is 47.0 Å². The molecule has 0 unspecified atom stereocenters. The van der Waals surface area contributed by atoms with E-state index < -0.39 is 5.91 Å². The summed E-state index contributed by atoms with van der Waals surface area (Å²) >= 11 is 12.1. The topological polar surface area (TPSA) is 49.3 Å². The number of nitrogens with one attached hydrogen (secondary N) is 1. The van der Waals surface area contributed by atoms with Crippen LogP contribution in [0.25, 0.3) is 11.1 Å². The van der Waals surface area contributed by atoms with Crippen molar-refractivity contribution >= 4 is 29.1 Å². The van der Waals surface area contributed by atoms with Gasteiger partial charge in [-0.3, -0.25) is 4.79 Å². The first-order chi connectivity index (χ1) is 12.0. The van der Waals surface area contributed by atoms with Crippen molar-refractivity contribution in [1.82, 2.24) is 5.32 Å². The lowest BCUT2D eigenvalue weighted by Crippen LogP contribution is -2.23. The minimum Gasteiger partial charge on any atom is -0.507 e. The lowest BCUT2D eigenvalue weighted by Gasteiger charge is -2.10. The highest BCUT2D eigenvalue weighted by Crippen LogP contribution is 2.26. The molecule has 2 N–H and O–H groups in total. The fraction of sp³-hybridized carbons (Fsp3) is 0.0500. The Kier molecular flexibility index (Phi) is 5.27. The van der Waals surface area contributed by atoms with Crippen LogP contribution >= 0.6 is 23.2 Å². The Hall–Kier alpha value is -2.49. The first-order valence-electron chi connectivity index (χ1n) is 7.65. The molecular weight excluding hydrogens is 357 g/mol. The van der Waals surface area contributed by atoms with Gasteiger partial charge in [0.05, 0.1) is 5.56 Å². The zero-order valence-electron chi connectivity index (χ0n) is 13.2. The van der Waals surface area contributed by atoms with E-state index in [0.717, 1.165) is 16.7 Å². The molecule has 5 heteroatoms. The van der Waals surface area contributed by atoms with Crippen molar-refractivity contribution in [3.05, 3.63) is 87.9 Å². The van der Waals surface area contributed by atoms with Crippen LogP contribution in [-0.2, 0) is 6.54 Å². The van der Waals surface area contributed by atoms with Crippen molar-refractivity contribution in [3.63, 3.8) is 0 Å². The zero-order valence-corrected chi connectivity index (χ0v) is 14.7. The molecule has 0 atom stereocenters. The van der Waals surface area contributed by atoms with Gasteiger partial charge in [-0.15, -0.1) is 0 Å². The van der Waals surface area contributed by atoms with Crippen LogP contribution < -0.4 is 5.32 Å². The fourth-order valence-electron chi connectivity index (χ4n) is 2.48. The van der Waals surface area contributed by atoms with Gasteiger partial charge in [0.25, 0.3) is 5.91 Å². The van der Waals surface area contributed by atoms with Crippen molar-refractivity contribution in [2.24, 2.45) is 0 Å². The molecule has 25 heavy (non-hydrogen) atoms. The predicted octanol–water partition coefficient (Wildman–Crippen LogP) is 5.30. The molecule has 0 heterocycles. The molecule has 3 nitrogen and oxygen atoms in total. The normalized spacial score (nSPS) is 10.5. The molecule has 0 aliphatic carbocycles. The van der Waals surface area contributed by atoms with Crippen LogP contribution in [0.5, 0.6) is 5.75 Å². The van der Waals surface area contributed by atoms with E-state index in [1.807, 2.05) is 48.5 Å². The highest BCUT2D eigenvalue weighted by Gasteiger charge is 2.12. The Morgan fingerprint density at radius 1 is 0.920 bits per heavy atom. The summed E-state index contributed by atoms with van der Waals surface area (Å²) in [6, 6.07) is 19.9. The van der Waals surface area contributed by atoms with Crippen molar-refractivity contribution < 1.29 is 9.90 Å². The number of carbonyl (C=O) groups excluding carboxylic acids is 1. The Bertz CT molecular complexity index is 911. The number of benzene rings is 3. The summed E-state index contributed by atoms with van der Waals surface area (Å²) in [6.07, 6.45) is 0. The van der Waals surface area contributed by atoms with E-state index in [1.165, 1.54) is 18.2 Å². The van der Waals surface area contributed by atoms with Crippen LogP contribution in [-0.4, -0.2) is 11.0 Å². The molecule has 3 rings (SSSR count). The zero-order chi connectivity index (χ0) is 17.8. The maximum Gasteiger partial charge on any atom is 0.255 e. The monoisotopic (exact) mass is 371 g/mol. The highest BCUT2D eigenvalue weighted by molar-refractivity contribution is 6.31. The van der Waals surface area contributed by atoms with Crippen LogP contribution in [0.1, 0.15) is 15.9 Å².